The third-order valence-electron chi connectivity index (χ3n) is 2.52. The first-order valence-corrected chi connectivity index (χ1v) is 5.87. The second-order valence-corrected chi connectivity index (χ2v) is 3.90. The Balaban J connectivity index is 1.89. The van der Waals surface area contributed by atoms with Gasteiger partial charge in [0.2, 0.25) is 0 Å². The quantitative estimate of drug-likeness (QED) is 0.825. The molecule has 0 fully saturated rings. The number of nitrogens with one attached hydrogen (secondary N) is 1. The van der Waals surface area contributed by atoms with Crippen molar-refractivity contribution in [3.05, 3.63) is 65.7 Å². The van der Waals surface area contributed by atoms with Gasteiger partial charge >= 0.3 is 5.97 Å². The zero-order chi connectivity index (χ0) is 13.5. The first-order chi connectivity index (χ1) is 9.25. The minimum Gasteiger partial charge on any atom is -0.478 e. The topological polar surface area (TPSA) is 49.3 Å². The van der Waals surface area contributed by atoms with E-state index in [1.165, 1.54) is 0 Å². The van der Waals surface area contributed by atoms with Crippen LogP contribution in [0.15, 0.2) is 54.6 Å². The normalized spacial score (nSPS) is 9.26. The largest absolute Gasteiger partial charge is 0.478 e. The molecule has 0 saturated carbocycles. The molecule has 94 valence electrons. The lowest BCUT2D eigenvalue weighted by molar-refractivity contribution is 0.0697. The van der Waals surface area contributed by atoms with Crippen molar-refractivity contribution >= 4 is 11.7 Å². The van der Waals surface area contributed by atoms with Crippen LogP contribution in [0.2, 0.25) is 0 Å². The number of carboxylic acid groups (broad SMARTS) is 1. The molecular formula is C16H13NO2. The Labute approximate surface area is 111 Å². The Hall–Kier alpha value is -2.73. The van der Waals surface area contributed by atoms with Crippen LogP contribution in [0, 0.1) is 11.8 Å². The van der Waals surface area contributed by atoms with Crippen molar-refractivity contribution in [2.24, 2.45) is 0 Å². The van der Waals surface area contributed by atoms with Crippen LogP contribution in [0.4, 0.5) is 5.69 Å². The van der Waals surface area contributed by atoms with E-state index in [0.717, 1.165) is 11.3 Å². The first kappa shape index (κ1) is 12.7. The number of carbonyl (C=O) groups is 1. The minimum absolute atomic E-state index is 0.279. The van der Waals surface area contributed by atoms with Crippen molar-refractivity contribution in [1.82, 2.24) is 0 Å². The van der Waals surface area contributed by atoms with Crippen molar-refractivity contribution < 1.29 is 9.90 Å². The van der Waals surface area contributed by atoms with Gasteiger partial charge < -0.3 is 10.4 Å². The molecule has 19 heavy (non-hydrogen) atoms. The van der Waals surface area contributed by atoms with Crippen LogP contribution >= 0.6 is 0 Å². The van der Waals surface area contributed by atoms with Gasteiger partial charge in [-0.2, -0.15) is 0 Å². The highest BCUT2D eigenvalue weighted by atomic mass is 16.4. The van der Waals surface area contributed by atoms with Gasteiger partial charge in [-0.05, 0) is 36.4 Å². The highest BCUT2D eigenvalue weighted by Gasteiger charge is 2.00. The number of benzene rings is 2. The Kier molecular flexibility index (Phi) is 4.20. The summed E-state index contributed by atoms with van der Waals surface area (Å²) in [6.07, 6.45) is 0. The molecule has 3 nitrogen and oxygen atoms in total. The molecule has 0 saturated heterocycles. The maximum absolute atomic E-state index is 10.7. The standard InChI is InChI=1S/C16H13NO2/c18-16(19)14-8-10-15(11-9-14)17-12-4-7-13-5-2-1-3-6-13/h1-3,5-6,8-11,17H,12H2,(H,18,19). The molecule has 0 aliphatic heterocycles. The predicted octanol–water partition coefficient (Wildman–Crippen LogP) is 2.85. The summed E-state index contributed by atoms with van der Waals surface area (Å²) in [7, 11) is 0. The second-order valence-electron chi connectivity index (χ2n) is 3.90. The fourth-order valence-electron chi connectivity index (χ4n) is 1.54. The zero-order valence-corrected chi connectivity index (χ0v) is 10.3. The number of aromatic carboxylic acids is 1. The van der Waals surface area contributed by atoms with Gasteiger partial charge in [-0.15, -0.1) is 0 Å². The molecule has 0 bridgehead atoms. The maximum atomic E-state index is 10.7. The Morgan fingerprint density at radius 3 is 2.37 bits per heavy atom. The van der Waals surface area contributed by atoms with E-state index in [9.17, 15) is 4.79 Å². The molecule has 2 rings (SSSR count). The Bertz CT molecular complexity index is 607. The number of carboxylic acids is 1. The van der Waals surface area contributed by atoms with Crippen LogP contribution in [0.3, 0.4) is 0 Å². The van der Waals surface area contributed by atoms with Crippen LogP contribution in [-0.4, -0.2) is 17.6 Å². The van der Waals surface area contributed by atoms with Gasteiger partial charge in [0.15, 0.2) is 0 Å². The average Bonchev–Trinajstić information content (AvgIpc) is 2.45. The van der Waals surface area contributed by atoms with Crippen LogP contribution in [0.25, 0.3) is 0 Å². The maximum Gasteiger partial charge on any atom is 0.335 e. The summed E-state index contributed by atoms with van der Waals surface area (Å²) in [6.45, 7) is 0.515. The third-order valence-corrected chi connectivity index (χ3v) is 2.52. The molecule has 0 aliphatic rings. The van der Waals surface area contributed by atoms with Gasteiger partial charge in [0.1, 0.15) is 0 Å². The summed E-state index contributed by atoms with van der Waals surface area (Å²) >= 11 is 0. The van der Waals surface area contributed by atoms with Crippen LogP contribution < -0.4 is 5.32 Å². The van der Waals surface area contributed by atoms with E-state index in [2.05, 4.69) is 17.2 Å². The molecule has 0 atom stereocenters. The number of hydrogen-bond donors (Lipinski definition) is 2. The van der Waals surface area contributed by atoms with E-state index >= 15 is 0 Å². The van der Waals surface area contributed by atoms with Crippen LogP contribution in [0.5, 0.6) is 0 Å². The number of rotatable bonds is 3. The molecule has 0 heterocycles. The van der Waals surface area contributed by atoms with Gasteiger partial charge in [-0.3, -0.25) is 0 Å². The lowest BCUT2D eigenvalue weighted by atomic mass is 10.2. The fourth-order valence-corrected chi connectivity index (χ4v) is 1.54. The molecule has 2 N–H and O–H groups in total. The predicted molar refractivity (Wildman–Crippen MR) is 75.2 cm³/mol. The monoisotopic (exact) mass is 251 g/mol. The molecule has 0 spiro atoms. The summed E-state index contributed by atoms with van der Waals surface area (Å²) in [5.74, 6) is 5.13. The summed E-state index contributed by atoms with van der Waals surface area (Å²) in [5.41, 5.74) is 2.11. The molecule has 0 amide bonds. The van der Waals surface area contributed by atoms with E-state index in [0.29, 0.717) is 6.54 Å². The van der Waals surface area contributed by atoms with Gasteiger partial charge in [0.25, 0.3) is 0 Å². The summed E-state index contributed by atoms with van der Waals surface area (Å²) < 4.78 is 0. The van der Waals surface area contributed by atoms with E-state index in [4.69, 9.17) is 5.11 Å². The van der Waals surface area contributed by atoms with E-state index in [1.807, 2.05) is 30.3 Å². The molecule has 0 aromatic heterocycles. The van der Waals surface area contributed by atoms with Gasteiger partial charge in [-0.1, -0.05) is 30.0 Å². The molecule has 0 aliphatic carbocycles. The fraction of sp³-hybridized carbons (Fsp3) is 0.0625. The summed E-state index contributed by atoms with van der Waals surface area (Å²) in [4.78, 5) is 10.7. The third kappa shape index (κ3) is 3.90. The second kappa shape index (κ2) is 6.27. The van der Waals surface area contributed by atoms with E-state index in [1.54, 1.807) is 24.3 Å². The van der Waals surface area contributed by atoms with Crippen molar-refractivity contribution in [2.75, 3.05) is 11.9 Å². The van der Waals surface area contributed by atoms with Crippen LogP contribution in [0.1, 0.15) is 15.9 Å². The summed E-state index contributed by atoms with van der Waals surface area (Å²) in [5, 5.41) is 11.9. The lowest BCUT2D eigenvalue weighted by Crippen LogP contribution is -2.00. The van der Waals surface area contributed by atoms with Crippen molar-refractivity contribution in [2.45, 2.75) is 0 Å². The van der Waals surface area contributed by atoms with Crippen molar-refractivity contribution in [3.63, 3.8) is 0 Å². The SMILES string of the molecule is O=C(O)c1ccc(NCC#Cc2ccccc2)cc1. The van der Waals surface area contributed by atoms with E-state index < -0.39 is 5.97 Å². The van der Waals surface area contributed by atoms with Gasteiger partial charge in [0.05, 0.1) is 12.1 Å². The molecule has 0 unspecified atom stereocenters. The lowest BCUT2D eigenvalue weighted by Gasteiger charge is -2.02. The van der Waals surface area contributed by atoms with Gasteiger partial charge in [0, 0.05) is 11.3 Å². The highest BCUT2D eigenvalue weighted by Crippen LogP contribution is 2.08. The number of anilines is 1. The molecule has 2 aromatic carbocycles. The molecule has 3 heteroatoms. The minimum atomic E-state index is -0.921. The Morgan fingerprint density at radius 1 is 1.05 bits per heavy atom. The van der Waals surface area contributed by atoms with Crippen molar-refractivity contribution in [3.8, 4) is 11.8 Å². The zero-order valence-electron chi connectivity index (χ0n) is 10.3. The molecule has 0 radical (unpaired) electrons. The number of hydrogen-bond acceptors (Lipinski definition) is 2. The smallest absolute Gasteiger partial charge is 0.335 e. The highest BCUT2D eigenvalue weighted by molar-refractivity contribution is 5.87. The van der Waals surface area contributed by atoms with Gasteiger partial charge in [-0.25, -0.2) is 4.79 Å². The van der Waals surface area contributed by atoms with E-state index in [-0.39, 0.29) is 5.56 Å². The average molecular weight is 251 g/mol. The Morgan fingerprint density at radius 2 is 1.74 bits per heavy atom. The molecule has 2 aromatic rings. The molecular weight excluding hydrogens is 238 g/mol. The summed E-state index contributed by atoms with van der Waals surface area (Å²) in [6, 6.07) is 16.3. The van der Waals surface area contributed by atoms with Crippen LogP contribution in [-0.2, 0) is 0 Å². The first-order valence-electron chi connectivity index (χ1n) is 5.87. The van der Waals surface area contributed by atoms with Crippen molar-refractivity contribution in [1.29, 1.82) is 0 Å².